The van der Waals surface area contributed by atoms with E-state index < -0.39 is 20.2 Å². The van der Waals surface area contributed by atoms with Crippen LogP contribution in [0.15, 0.2) is 0 Å². The minimum Gasteiger partial charge on any atom is -0.325 e. The number of halogens is 1. The molecule has 0 amide bonds. The van der Waals surface area contributed by atoms with Crippen LogP contribution < -0.4 is 0 Å². The summed E-state index contributed by atoms with van der Waals surface area (Å²) in [6.45, 7) is -11.4. The fraction of sp³-hybridized carbons (Fsp3) is 0. The Balaban J connectivity index is -0.0000000655. The molecule has 9 nitrogen and oxygen atoms in total. The summed E-state index contributed by atoms with van der Waals surface area (Å²) >= 11 is 10.8. The van der Waals surface area contributed by atoms with E-state index in [1.165, 1.54) is 0 Å². The lowest BCUT2D eigenvalue weighted by Crippen LogP contribution is -1.65. The molecule has 16 heteroatoms. The molecular formula is H10ClO9P3S3. The van der Waals surface area contributed by atoms with Crippen molar-refractivity contribution in [2.75, 3.05) is 0 Å². The Morgan fingerprint density at radius 3 is 0.438 bits per heavy atom. The van der Waals surface area contributed by atoms with Gasteiger partial charge in [0.05, 0.1) is 0 Å². The van der Waals surface area contributed by atoms with Gasteiger partial charge in [-0.25, -0.2) is 0 Å². The van der Waals surface area contributed by atoms with Crippen LogP contribution in [0.25, 0.3) is 0 Å². The number of hydrogen-bond donors (Lipinski definition) is 9. The molecule has 0 aliphatic rings. The second kappa shape index (κ2) is 10.8. The van der Waals surface area contributed by atoms with E-state index in [2.05, 4.69) is 35.4 Å². The lowest BCUT2D eigenvalue weighted by atomic mass is 15.8. The molecule has 0 fully saturated rings. The molecule has 0 atom stereocenters. The molecule has 0 bridgehead atoms. The molecule has 0 unspecified atom stereocenters. The number of rotatable bonds is 0. The molecule has 0 radical (unpaired) electrons. The lowest BCUT2D eigenvalue weighted by molar-refractivity contribution is 0.361. The molecule has 0 aromatic heterocycles. The third-order valence-corrected chi connectivity index (χ3v) is 0. The summed E-state index contributed by atoms with van der Waals surface area (Å²) in [6, 6.07) is 0. The maximum atomic E-state index is 7.56. The Hall–Kier alpha value is 1.88. The van der Waals surface area contributed by atoms with Crippen molar-refractivity contribution in [1.29, 1.82) is 0 Å². The summed E-state index contributed by atoms with van der Waals surface area (Å²) in [5, 5.41) is 0. The Labute approximate surface area is 112 Å². The van der Waals surface area contributed by atoms with Gasteiger partial charge in [-0.1, -0.05) is 0 Å². The third-order valence-electron chi connectivity index (χ3n) is 0. The highest BCUT2D eigenvalue weighted by Gasteiger charge is 1.93. The Kier molecular flexibility index (Phi) is 17.8. The van der Waals surface area contributed by atoms with E-state index in [1.807, 2.05) is 0 Å². The Morgan fingerprint density at radius 2 is 0.438 bits per heavy atom. The van der Waals surface area contributed by atoms with Gasteiger partial charge in [-0.15, -0.1) is 12.4 Å². The van der Waals surface area contributed by atoms with Gasteiger partial charge in [0, 0.05) is 0 Å². The molecule has 0 aliphatic carbocycles. The smallest absolute Gasteiger partial charge is 0.319 e. The van der Waals surface area contributed by atoms with Crippen LogP contribution in [0.2, 0.25) is 0 Å². The summed E-state index contributed by atoms with van der Waals surface area (Å²) in [5.74, 6) is 0. The quantitative estimate of drug-likeness (QED) is 0.211. The topological polar surface area (TPSA) is 182 Å². The van der Waals surface area contributed by atoms with Gasteiger partial charge in [0.1, 0.15) is 0 Å². The van der Waals surface area contributed by atoms with Crippen molar-refractivity contribution in [2.45, 2.75) is 0 Å². The van der Waals surface area contributed by atoms with Gasteiger partial charge in [-0.3, -0.25) is 0 Å². The second-order valence-electron chi connectivity index (χ2n) is 1.54. The molecule has 0 aromatic carbocycles. The van der Waals surface area contributed by atoms with Crippen LogP contribution in [-0.4, -0.2) is 44.0 Å². The van der Waals surface area contributed by atoms with E-state index >= 15 is 0 Å². The van der Waals surface area contributed by atoms with E-state index in [9.17, 15) is 0 Å². The van der Waals surface area contributed by atoms with Gasteiger partial charge in [0.2, 0.25) is 0 Å². The normalized spacial score (nSPS) is 11.1. The molecule has 16 heavy (non-hydrogen) atoms. The summed E-state index contributed by atoms with van der Waals surface area (Å²) in [6.07, 6.45) is 0. The molecule has 0 saturated carbocycles. The van der Waals surface area contributed by atoms with E-state index in [4.69, 9.17) is 44.0 Å². The van der Waals surface area contributed by atoms with Crippen molar-refractivity contribution in [1.82, 2.24) is 0 Å². The van der Waals surface area contributed by atoms with Crippen molar-refractivity contribution in [3.8, 4) is 0 Å². The highest BCUT2D eigenvalue weighted by atomic mass is 35.5. The average Bonchev–Trinajstić information content (AvgIpc) is 1.41. The van der Waals surface area contributed by atoms with Crippen molar-refractivity contribution < 1.29 is 44.0 Å². The molecule has 9 N–H and O–H groups in total. The van der Waals surface area contributed by atoms with Crippen LogP contribution in [0.5, 0.6) is 0 Å². The molecule has 0 aromatic rings. The van der Waals surface area contributed by atoms with E-state index in [0.717, 1.165) is 0 Å². The largest absolute Gasteiger partial charge is 0.325 e. The summed E-state index contributed by atoms with van der Waals surface area (Å²) in [4.78, 5) is 68.0. The molecule has 0 heterocycles. The van der Waals surface area contributed by atoms with Gasteiger partial charge in [-0.2, -0.15) is 0 Å². The first kappa shape index (κ1) is 26.4. The van der Waals surface area contributed by atoms with E-state index in [0.29, 0.717) is 0 Å². The fourth-order valence-corrected chi connectivity index (χ4v) is 0. The van der Waals surface area contributed by atoms with Gasteiger partial charge in [-0.05, 0) is 35.4 Å². The monoisotopic (exact) mass is 378 g/mol. The zero-order valence-corrected chi connectivity index (χ0v) is 12.9. The second-order valence-corrected chi connectivity index (χ2v) is 9.03. The van der Waals surface area contributed by atoms with Crippen LogP contribution in [0, 0.1) is 0 Å². The highest BCUT2D eigenvalue weighted by molar-refractivity contribution is 8.06. The zero-order valence-electron chi connectivity index (χ0n) is 7.00. The Morgan fingerprint density at radius 1 is 0.438 bits per heavy atom. The summed E-state index contributed by atoms with van der Waals surface area (Å²) < 4.78 is 0. The van der Waals surface area contributed by atoms with Crippen LogP contribution in [0.3, 0.4) is 0 Å². The van der Waals surface area contributed by atoms with Crippen LogP contribution in [0.1, 0.15) is 0 Å². The van der Waals surface area contributed by atoms with Gasteiger partial charge in [0.15, 0.2) is 0 Å². The maximum Gasteiger partial charge on any atom is 0.319 e. The van der Waals surface area contributed by atoms with Crippen LogP contribution in [-0.2, 0) is 35.4 Å². The number of hydrogen-bond acceptors (Lipinski definition) is 3. The predicted molar refractivity (Wildman–Crippen MR) is 70.1 cm³/mol. The molecule has 0 spiro atoms. The molecule has 0 rings (SSSR count). The van der Waals surface area contributed by atoms with Crippen LogP contribution in [0.4, 0.5) is 0 Å². The van der Waals surface area contributed by atoms with E-state index in [1.54, 1.807) is 0 Å². The third kappa shape index (κ3) is 995. The van der Waals surface area contributed by atoms with Crippen molar-refractivity contribution in [2.24, 2.45) is 0 Å². The first-order chi connectivity index (χ1) is 6.00. The van der Waals surface area contributed by atoms with Crippen molar-refractivity contribution >= 4 is 68.0 Å². The zero-order chi connectivity index (χ0) is 13.5. The van der Waals surface area contributed by atoms with E-state index in [-0.39, 0.29) is 12.4 Å². The highest BCUT2D eigenvalue weighted by Crippen LogP contribution is 2.27. The minimum atomic E-state index is -3.81. The molecular weight excluding hydrogens is 369 g/mol. The van der Waals surface area contributed by atoms with Crippen molar-refractivity contribution in [3.05, 3.63) is 0 Å². The maximum absolute atomic E-state index is 7.56. The molecule has 0 aliphatic heterocycles. The summed E-state index contributed by atoms with van der Waals surface area (Å²) in [7, 11) is 0. The lowest BCUT2D eigenvalue weighted by Gasteiger charge is -1.88. The Bertz CT molecular complexity index is 212. The summed E-state index contributed by atoms with van der Waals surface area (Å²) in [5.41, 5.74) is 0. The first-order valence-electron chi connectivity index (χ1n) is 2.35. The predicted octanol–water partition coefficient (Wildman–Crippen LogP) is -2.01. The van der Waals surface area contributed by atoms with Gasteiger partial charge in [0.25, 0.3) is 0 Å². The van der Waals surface area contributed by atoms with Gasteiger partial charge < -0.3 is 44.0 Å². The van der Waals surface area contributed by atoms with Gasteiger partial charge >= 0.3 is 20.2 Å². The minimum absolute atomic E-state index is 0. The first-order valence-corrected chi connectivity index (χ1v) is 10.3. The van der Waals surface area contributed by atoms with Crippen LogP contribution >= 0.6 is 32.6 Å². The van der Waals surface area contributed by atoms with Crippen molar-refractivity contribution in [3.63, 3.8) is 0 Å². The molecule has 0 saturated heterocycles. The SMILES string of the molecule is Cl.OP(O)(O)=S.OP(O)(O)=S.OP(O)(O)=S. The fourth-order valence-electron chi connectivity index (χ4n) is 0. The standard InChI is InChI=1S/ClH.3H3O3PS/c;3*1-4(2,3)5/h1H;3*(H3,1,2,3,5). The average molecular weight is 379 g/mol. The molecule has 104 valence electrons.